The van der Waals surface area contributed by atoms with Crippen LogP contribution < -0.4 is 20.4 Å². The lowest BCUT2D eigenvalue weighted by molar-refractivity contribution is 0.0937. The topological polar surface area (TPSA) is 89.5 Å². The van der Waals surface area contributed by atoms with Crippen LogP contribution in [0.3, 0.4) is 0 Å². The van der Waals surface area contributed by atoms with Crippen LogP contribution >= 0.6 is 11.3 Å². The Morgan fingerprint density at radius 3 is 2.67 bits per heavy atom. The fourth-order valence-electron chi connectivity index (χ4n) is 5.81. The number of carbonyl (C=O) groups is 1. The van der Waals surface area contributed by atoms with Gasteiger partial charge in [-0.05, 0) is 61.7 Å². The number of thiophene rings is 1. The molecule has 1 atom stereocenters. The predicted octanol–water partition coefficient (Wildman–Crippen LogP) is 5.13. The minimum Gasteiger partial charge on any atom is -0.368 e. The lowest BCUT2D eigenvalue weighted by Gasteiger charge is -2.34. The van der Waals surface area contributed by atoms with Gasteiger partial charge in [0.25, 0.3) is 5.91 Å². The van der Waals surface area contributed by atoms with Crippen LogP contribution in [0.4, 0.5) is 23.0 Å². The molecule has 0 saturated carbocycles. The Hall–Kier alpha value is -4.28. The normalized spacial score (nSPS) is 18.0. The third kappa shape index (κ3) is 5.60. The molecule has 0 spiro atoms. The van der Waals surface area contributed by atoms with E-state index >= 15 is 0 Å². The molecule has 0 aliphatic carbocycles. The fraction of sp³-hybridized carbons (Fsp3) is 0.312. The maximum atomic E-state index is 13.1. The molecule has 9 nitrogen and oxygen atoms in total. The Labute approximate surface area is 249 Å². The Morgan fingerprint density at radius 2 is 1.83 bits per heavy atom. The first-order valence-electron chi connectivity index (χ1n) is 14.6. The molecule has 0 unspecified atom stereocenters. The SMILES string of the molecule is CN1CCN(c2ccc(Nc3cc(N4CCC[C@H](NC(=O)c5cc6ccccc6s5)C4)nc4cccnc34)nc2)CC1. The van der Waals surface area contributed by atoms with Crippen molar-refractivity contribution >= 4 is 61.4 Å². The summed E-state index contributed by atoms with van der Waals surface area (Å²) >= 11 is 1.54. The van der Waals surface area contributed by atoms with E-state index in [1.54, 1.807) is 17.5 Å². The molecule has 2 saturated heterocycles. The molecule has 2 N–H and O–H groups in total. The quantitative estimate of drug-likeness (QED) is 0.287. The van der Waals surface area contributed by atoms with Gasteiger partial charge in [-0.1, -0.05) is 18.2 Å². The van der Waals surface area contributed by atoms with Gasteiger partial charge in [-0.2, -0.15) is 0 Å². The smallest absolute Gasteiger partial charge is 0.261 e. The lowest BCUT2D eigenvalue weighted by Crippen LogP contribution is -2.48. The van der Waals surface area contributed by atoms with Gasteiger partial charge < -0.3 is 25.3 Å². The zero-order chi connectivity index (χ0) is 28.5. The number of aromatic nitrogens is 3. The van der Waals surface area contributed by atoms with Crippen LogP contribution in [-0.4, -0.2) is 78.1 Å². The lowest BCUT2D eigenvalue weighted by atomic mass is 10.1. The van der Waals surface area contributed by atoms with Crippen molar-refractivity contribution in [3.8, 4) is 0 Å². The minimum absolute atomic E-state index is 0.00725. The number of piperidine rings is 1. The van der Waals surface area contributed by atoms with Crippen LogP contribution in [-0.2, 0) is 0 Å². The van der Waals surface area contributed by atoms with Gasteiger partial charge >= 0.3 is 0 Å². The minimum atomic E-state index is -0.00725. The zero-order valence-electron chi connectivity index (χ0n) is 23.7. The largest absolute Gasteiger partial charge is 0.368 e. The summed E-state index contributed by atoms with van der Waals surface area (Å²) in [4.78, 5) is 35.2. The summed E-state index contributed by atoms with van der Waals surface area (Å²) in [7, 11) is 2.16. The molecular formula is C32H34N8OS. The highest BCUT2D eigenvalue weighted by molar-refractivity contribution is 7.20. The second-order valence-corrected chi connectivity index (χ2v) is 12.2. The van der Waals surface area contributed by atoms with Gasteiger partial charge in [0.1, 0.15) is 17.2 Å². The maximum absolute atomic E-state index is 13.1. The highest BCUT2D eigenvalue weighted by Crippen LogP contribution is 2.30. The van der Waals surface area contributed by atoms with Crippen LogP contribution in [0.15, 0.2) is 73.1 Å². The summed E-state index contributed by atoms with van der Waals surface area (Å²) in [6, 6.07) is 20.3. The molecule has 6 heterocycles. The summed E-state index contributed by atoms with van der Waals surface area (Å²) in [5.41, 5.74) is 3.64. The second kappa shape index (κ2) is 11.5. The first-order valence-corrected chi connectivity index (χ1v) is 15.4. The standard InChI is InChI=1S/C32H34N8OS/c1-38-14-16-39(17-15-38)24-10-11-29(34-20-24)36-26-19-30(37-25-8-4-12-33-31(25)26)40-13-5-7-23(21-40)35-32(41)28-18-22-6-2-3-9-27(22)42-28/h2-4,6,8-12,18-20,23H,5,7,13-17,21H2,1H3,(H,35,41)(H,34,36,37)/t23-/m0/s1. The number of fused-ring (bicyclic) bond motifs is 2. The number of pyridine rings is 3. The summed E-state index contributed by atoms with van der Waals surface area (Å²) in [6.07, 6.45) is 5.65. The van der Waals surface area contributed by atoms with E-state index in [4.69, 9.17) is 9.97 Å². The Bertz CT molecular complexity index is 1680. The number of hydrogen-bond acceptors (Lipinski definition) is 9. The third-order valence-corrected chi connectivity index (χ3v) is 9.27. The number of piperazine rings is 1. The van der Waals surface area contributed by atoms with Gasteiger partial charge in [0, 0.05) is 62.3 Å². The Balaban J connectivity index is 1.08. The number of likely N-dealkylation sites (N-methyl/N-ethyl adjacent to an activating group) is 1. The van der Waals surface area contributed by atoms with Gasteiger partial charge in [-0.25, -0.2) is 9.97 Å². The molecule has 4 aromatic heterocycles. The highest BCUT2D eigenvalue weighted by Gasteiger charge is 2.25. The van der Waals surface area contributed by atoms with Crippen molar-refractivity contribution in [1.29, 1.82) is 0 Å². The van der Waals surface area contributed by atoms with Gasteiger partial charge in [0.15, 0.2) is 0 Å². The van der Waals surface area contributed by atoms with Crippen LogP contribution in [0.1, 0.15) is 22.5 Å². The molecule has 7 rings (SSSR count). The van der Waals surface area contributed by atoms with E-state index < -0.39 is 0 Å². The molecule has 0 bridgehead atoms. The Morgan fingerprint density at radius 1 is 0.952 bits per heavy atom. The van der Waals surface area contributed by atoms with Crippen molar-refractivity contribution in [3.63, 3.8) is 0 Å². The van der Waals surface area contributed by atoms with E-state index in [9.17, 15) is 4.79 Å². The molecule has 1 amide bonds. The highest BCUT2D eigenvalue weighted by atomic mass is 32.1. The molecule has 1 aromatic carbocycles. The van der Waals surface area contributed by atoms with Crippen molar-refractivity contribution in [2.75, 3.05) is 61.4 Å². The van der Waals surface area contributed by atoms with Gasteiger partial charge in [-0.3, -0.25) is 9.78 Å². The summed E-state index contributed by atoms with van der Waals surface area (Å²) < 4.78 is 1.13. The second-order valence-electron chi connectivity index (χ2n) is 11.1. The molecule has 42 heavy (non-hydrogen) atoms. The number of amides is 1. The fourth-order valence-corrected chi connectivity index (χ4v) is 6.77. The van der Waals surface area contributed by atoms with Crippen LogP contribution in [0.2, 0.25) is 0 Å². The zero-order valence-corrected chi connectivity index (χ0v) is 24.5. The average molecular weight is 579 g/mol. The molecule has 10 heteroatoms. The number of anilines is 4. The van der Waals surface area contributed by atoms with E-state index in [-0.39, 0.29) is 11.9 Å². The van der Waals surface area contributed by atoms with E-state index in [1.807, 2.05) is 48.7 Å². The third-order valence-electron chi connectivity index (χ3n) is 8.16. The number of hydrogen-bond donors (Lipinski definition) is 2. The van der Waals surface area contributed by atoms with Crippen molar-refractivity contribution < 1.29 is 4.79 Å². The monoisotopic (exact) mass is 578 g/mol. The molecule has 2 fully saturated rings. The number of benzene rings is 1. The average Bonchev–Trinajstić information content (AvgIpc) is 3.47. The van der Waals surface area contributed by atoms with Crippen LogP contribution in [0.5, 0.6) is 0 Å². The molecule has 5 aromatic rings. The maximum Gasteiger partial charge on any atom is 0.261 e. The van der Waals surface area contributed by atoms with Gasteiger partial charge in [0.05, 0.1) is 28.0 Å². The van der Waals surface area contributed by atoms with E-state index in [2.05, 4.69) is 55.6 Å². The molecule has 214 valence electrons. The van der Waals surface area contributed by atoms with E-state index in [0.717, 1.165) is 94.6 Å². The molecule has 2 aliphatic rings. The number of carbonyl (C=O) groups excluding carboxylic acids is 1. The number of rotatable bonds is 6. The Kier molecular flexibility index (Phi) is 7.31. The number of nitrogens with one attached hydrogen (secondary N) is 2. The van der Waals surface area contributed by atoms with Gasteiger partial charge in [-0.15, -0.1) is 11.3 Å². The molecule has 0 radical (unpaired) electrons. The van der Waals surface area contributed by atoms with Crippen molar-refractivity contribution in [3.05, 3.63) is 77.9 Å². The first-order chi connectivity index (χ1) is 20.6. The van der Waals surface area contributed by atoms with Crippen LogP contribution in [0, 0.1) is 0 Å². The van der Waals surface area contributed by atoms with Crippen molar-refractivity contribution in [1.82, 2.24) is 25.2 Å². The predicted molar refractivity (Wildman–Crippen MR) is 171 cm³/mol. The molecular weight excluding hydrogens is 544 g/mol. The van der Waals surface area contributed by atoms with E-state index in [0.29, 0.717) is 6.54 Å². The summed E-state index contributed by atoms with van der Waals surface area (Å²) in [5.74, 6) is 1.63. The first kappa shape index (κ1) is 26.6. The summed E-state index contributed by atoms with van der Waals surface area (Å²) in [5, 5.41) is 7.89. The summed E-state index contributed by atoms with van der Waals surface area (Å²) in [6.45, 7) is 5.72. The van der Waals surface area contributed by atoms with Crippen molar-refractivity contribution in [2.45, 2.75) is 18.9 Å². The molecule has 2 aliphatic heterocycles. The van der Waals surface area contributed by atoms with Gasteiger partial charge in [0.2, 0.25) is 0 Å². The van der Waals surface area contributed by atoms with E-state index in [1.165, 1.54) is 0 Å². The van der Waals surface area contributed by atoms with Crippen molar-refractivity contribution in [2.24, 2.45) is 0 Å². The number of nitrogens with zero attached hydrogens (tertiary/aromatic N) is 6. The van der Waals surface area contributed by atoms with Crippen LogP contribution in [0.25, 0.3) is 21.1 Å².